The minimum atomic E-state index is -1.29. The molecular weight excluding hydrogens is 308 g/mol. The van der Waals surface area contributed by atoms with E-state index in [1.54, 1.807) is 25.3 Å². The number of carbonyl (C=O) groups is 1. The van der Waals surface area contributed by atoms with Crippen LogP contribution < -0.4 is 10.6 Å². The van der Waals surface area contributed by atoms with Crippen LogP contribution in [-0.2, 0) is 19.7 Å². The predicted octanol–water partition coefficient (Wildman–Crippen LogP) is 1.94. The minimum Gasteiger partial charge on any atom is -0.382 e. The molecule has 6 nitrogen and oxygen atoms in total. The van der Waals surface area contributed by atoms with Crippen molar-refractivity contribution in [3.05, 3.63) is 28.8 Å². The fourth-order valence-electron chi connectivity index (χ4n) is 2.33. The number of amides is 2. The number of ether oxygens (including phenoxy) is 3. The Morgan fingerprint density at radius 2 is 2.18 bits per heavy atom. The topological polar surface area (TPSA) is 68.8 Å². The highest BCUT2D eigenvalue weighted by atomic mass is 35.5. The lowest BCUT2D eigenvalue weighted by atomic mass is 9.86. The van der Waals surface area contributed by atoms with Gasteiger partial charge >= 0.3 is 6.03 Å². The van der Waals surface area contributed by atoms with Crippen molar-refractivity contribution in [2.45, 2.75) is 11.8 Å². The Bertz CT molecular complexity index is 602. The van der Waals surface area contributed by atoms with Gasteiger partial charge in [0.25, 0.3) is 0 Å². The number of carbonyl (C=O) groups excluding carboxylic acids is 1. The molecule has 2 amide bonds. The molecule has 2 N–H and O–H groups in total. The molecule has 1 heterocycles. The first-order valence-corrected chi connectivity index (χ1v) is 6.95. The van der Waals surface area contributed by atoms with Crippen LogP contribution in [0.4, 0.5) is 10.5 Å². The van der Waals surface area contributed by atoms with Gasteiger partial charge in [0.05, 0.1) is 13.2 Å². The number of rotatable bonds is 6. The van der Waals surface area contributed by atoms with Crippen LogP contribution in [0, 0.1) is 12.3 Å². The summed E-state index contributed by atoms with van der Waals surface area (Å²) < 4.78 is 16.0. The summed E-state index contributed by atoms with van der Waals surface area (Å²) >= 11 is 6.06. The first kappa shape index (κ1) is 16.6. The number of nitrogens with one attached hydrogen (secondary N) is 2. The van der Waals surface area contributed by atoms with Crippen LogP contribution in [0.3, 0.4) is 0 Å². The van der Waals surface area contributed by atoms with E-state index in [0.29, 0.717) is 22.9 Å². The number of methoxy groups -OCH3 is 2. The maximum atomic E-state index is 11.9. The van der Waals surface area contributed by atoms with Crippen LogP contribution in [0.25, 0.3) is 0 Å². The van der Waals surface area contributed by atoms with Gasteiger partial charge < -0.3 is 24.8 Å². The van der Waals surface area contributed by atoms with Crippen LogP contribution in [0.15, 0.2) is 18.2 Å². The van der Waals surface area contributed by atoms with Gasteiger partial charge in [0.2, 0.25) is 0 Å². The number of halogens is 1. The number of benzene rings is 1. The van der Waals surface area contributed by atoms with E-state index in [-0.39, 0.29) is 6.61 Å². The standard InChI is InChI=1S/C15H17ClN2O4/c1-4-15(13(21-3)22-8-7-20-2)11-9-10(16)5-6-12(11)17-14(19)18-15/h1,5-6,9,13H,7-8H2,2-3H3,(H2,17,18,19). The number of terminal acetylenes is 1. The number of hydrogen-bond acceptors (Lipinski definition) is 4. The van der Waals surface area contributed by atoms with Gasteiger partial charge in [-0.15, -0.1) is 6.42 Å². The van der Waals surface area contributed by atoms with E-state index in [1.165, 1.54) is 7.11 Å². The molecule has 0 fully saturated rings. The summed E-state index contributed by atoms with van der Waals surface area (Å²) in [5.74, 6) is 2.59. The quantitative estimate of drug-likeness (QED) is 0.477. The molecule has 0 saturated carbocycles. The maximum Gasteiger partial charge on any atom is 0.320 e. The molecule has 1 aromatic rings. The van der Waals surface area contributed by atoms with Crippen molar-refractivity contribution in [1.29, 1.82) is 0 Å². The van der Waals surface area contributed by atoms with E-state index in [9.17, 15) is 4.79 Å². The molecule has 0 bridgehead atoms. The Morgan fingerprint density at radius 3 is 2.82 bits per heavy atom. The molecule has 1 aliphatic heterocycles. The summed E-state index contributed by atoms with van der Waals surface area (Å²) in [7, 11) is 3.01. The van der Waals surface area contributed by atoms with Gasteiger partial charge in [-0.25, -0.2) is 4.79 Å². The van der Waals surface area contributed by atoms with E-state index < -0.39 is 17.9 Å². The summed E-state index contributed by atoms with van der Waals surface area (Å²) in [6.07, 6.45) is 4.83. The van der Waals surface area contributed by atoms with Gasteiger partial charge in [-0.3, -0.25) is 0 Å². The Kier molecular flexibility index (Phi) is 5.27. The van der Waals surface area contributed by atoms with Crippen molar-refractivity contribution in [2.24, 2.45) is 0 Å². The van der Waals surface area contributed by atoms with Crippen molar-refractivity contribution >= 4 is 23.3 Å². The summed E-state index contributed by atoms with van der Waals surface area (Å²) in [6, 6.07) is 4.59. The largest absolute Gasteiger partial charge is 0.382 e. The van der Waals surface area contributed by atoms with Crippen LogP contribution in [-0.4, -0.2) is 39.8 Å². The van der Waals surface area contributed by atoms with Crippen LogP contribution in [0.2, 0.25) is 5.02 Å². The molecule has 2 unspecified atom stereocenters. The molecule has 2 atom stereocenters. The van der Waals surface area contributed by atoms with Gasteiger partial charge in [-0.2, -0.15) is 0 Å². The molecule has 0 radical (unpaired) electrons. The van der Waals surface area contributed by atoms with Gasteiger partial charge in [0.15, 0.2) is 11.8 Å². The highest BCUT2D eigenvalue weighted by Gasteiger charge is 2.46. The average Bonchev–Trinajstić information content (AvgIpc) is 2.51. The SMILES string of the molecule is C#CC1(C(OC)OCCOC)NC(=O)Nc2ccc(Cl)cc21. The number of fused-ring (bicyclic) bond motifs is 1. The van der Waals surface area contributed by atoms with E-state index >= 15 is 0 Å². The fraction of sp³-hybridized carbons (Fsp3) is 0.400. The second-order valence-electron chi connectivity index (χ2n) is 4.65. The molecule has 0 aliphatic carbocycles. The summed E-state index contributed by atoms with van der Waals surface area (Å²) in [5, 5.41) is 5.88. The lowest BCUT2D eigenvalue weighted by Crippen LogP contribution is -2.59. The first-order valence-electron chi connectivity index (χ1n) is 6.57. The molecule has 0 spiro atoms. The second-order valence-corrected chi connectivity index (χ2v) is 5.09. The monoisotopic (exact) mass is 324 g/mol. The molecule has 118 valence electrons. The Balaban J connectivity index is 2.45. The highest BCUT2D eigenvalue weighted by Crippen LogP contribution is 2.37. The van der Waals surface area contributed by atoms with Crippen LogP contribution in [0.1, 0.15) is 5.56 Å². The molecule has 0 aromatic heterocycles. The molecule has 2 rings (SSSR count). The molecule has 1 aromatic carbocycles. The minimum absolute atomic E-state index is 0.262. The van der Waals surface area contributed by atoms with Crippen molar-refractivity contribution in [3.63, 3.8) is 0 Å². The third-order valence-electron chi connectivity index (χ3n) is 3.32. The highest BCUT2D eigenvalue weighted by molar-refractivity contribution is 6.30. The van der Waals surface area contributed by atoms with Gasteiger partial charge in [-0.05, 0) is 18.2 Å². The molecule has 0 saturated heterocycles. The van der Waals surface area contributed by atoms with Crippen LogP contribution in [0.5, 0.6) is 0 Å². The Hall–Kier alpha value is -1.78. The lowest BCUT2D eigenvalue weighted by molar-refractivity contribution is -0.165. The van der Waals surface area contributed by atoms with E-state index in [1.807, 2.05) is 0 Å². The summed E-state index contributed by atoms with van der Waals surface area (Å²) in [6.45, 7) is 0.632. The molecule has 7 heteroatoms. The van der Waals surface area contributed by atoms with Gasteiger partial charge in [0, 0.05) is 30.5 Å². The Labute approximate surface area is 134 Å². The zero-order chi connectivity index (χ0) is 16.2. The first-order chi connectivity index (χ1) is 10.6. The molecular formula is C15H17ClN2O4. The van der Waals surface area contributed by atoms with Crippen molar-refractivity contribution in [2.75, 3.05) is 32.8 Å². The normalized spacial score (nSPS) is 21.3. The third kappa shape index (κ3) is 3.03. The maximum absolute atomic E-state index is 11.9. The zero-order valence-electron chi connectivity index (χ0n) is 12.3. The molecule has 22 heavy (non-hydrogen) atoms. The smallest absolute Gasteiger partial charge is 0.320 e. The summed E-state index contributed by atoms with van der Waals surface area (Å²) in [5.41, 5.74) is -0.125. The third-order valence-corrected chi connectivity index (χ3v) is 3.55. The second kappa shape index (κ2) is 6.99. The lowest BCUT2D eigenvalue weighted by Gasteiger charge is -2.40. The number of urea groups is 1. The van der Waals surface area contributed by atoms with Crippen LogP contribution >= 0.6 is 11.6 Å². The van der Waals surface area contributed by atoms with E-state index in [4.69, 9.17) is 32.2 Å². The average molecular weight is 325 g/mol. The van der Waals surface area contributed by atoms with E-state index in [0.717, 1.165) is 0 Å². The van der Waals surface area contributed by atoms with Crippen molar-refractivity contribution in [3.8, 4) is 12.3 Å². The zero-order valence-corrected chi connectivity index (χ0v) is 13.1. The molecule has 1 aliphatic rings. The fourth-order valence-corrected chi connectivity index (χ4v) is 2.50. The van der Waals surface area contributed by atoms with Gasteiger partial charge in [0.1, 0.15) is 0 Å². The Morgan fingerprint density at radius 1 is 1.41 bits per heavy atom. The van der Waals surface area contributed by atoms with Crippen molar-refractivity contribution < 1.29 is 19.0 Å². The number of hydrogen-bond donors (Lipinski definition) is 2. The summed E-state index contributed by atoms with van der Waals surface area (Å²) in [4.78, 5) is 11.9. The van der Waals surface area contributed by atoms with Gasteiger partial charge in [-0.1, -0.05) is 17.5 Å². The van der Waals surface area contributed by atoms with E-state index in [2.05, 4.69) is 16.6 Å². The number of anilines is 1. The van der Waals surface area contributed by atoms with Crippen molar-refractivity contribution in [1.82, 2.24) is 5.32 Å². The predicted molar refractivity (Wildman–Crippen MR) is 82.7 cm³/mol.